The molecule has 6 rings (SSSR count). The second kappa shape index (κ2) is 70.8. The molecule has 12 heteroatoms. The molecule has 0 aliphatic carbocycles. The van der Waals surface area contributed by atoms with Crippen molar-refractivity contribution in [2.45, 2.75) is 436 Å². The molecule has 10 nitrogen and oxygen atoms in total. The van der Waals surface area contributed by atoms with Crippen molar-refractivity contribution in [1.29, 1.82) is 0 Å². The van der Waals surface area contributed by atoms with Crippen molar-refractivity contribution in [3.05, 3.63) is 129 Å². The van der Waals surface area contributed by atoms with Gasteiger partial charge in [0.25, 0.3) is 11.8 Å². The van der Waals surface area contributed by atoms with Crippen LogP contribution in [-0.2, 0) is 0 Å². The van der Waals surface area contributed by atoms with Gasteiger partial charge in [0.1, 0.15) is 0 Å². The van der Waals surface area contributed by atoms with Crippen molar-refractivity contribution in [2.24, 2.45) is 107 Å². The van der Waals surface area contributed by atoms with Gasteiger partial charge in [0.15, 0.2) is 23.0 Å². The Balaban J connectivity index is 1.15. The van der Waals surface area contributed by atoms with Gasteiger partial charge in [-0.1, -0.05) is 421 Å². The van der Waals surface area contributed by atoms with Crippen molar-refractivity contribution < 1.29 is 38.0 Å². The third kappa shape index (κ3) is 54.9. The van der Waals surface area contributed by atoms with Crippen molar-refractivity contribution in [2.75, 3.05) is 50.3 Å². The van der Waals surface area contributed by atoms with Gasteiger partial charge in [0, 0.05) is 43.4 Å². The van der Waals surface area contributed by atoms with Crippen molar-refractivity contribution >= 4 is 45.9 Å². The van der Waals surface area contributed by atoms with Crippen LogP contribution in [0, 0.1) is 130 Å². The molecule has 786 valence electrons. The summed E-state index contributed by atoms with van der Waals surface area (Å²) in [7, 11) is 0. The van der Waals surface area contributed by atoms with Crippen LogP contribution in [0.25, 0.3) is 9.75 Å². The highest BCUT2D eigenvalue weighted by Gasteiger charge is 2.26. The van der Waals surface area contributed by atoms with Gasteiger partial charge < -0.3 is 39.1 Å². The number of rotatable bonds is 77. The first-order valence-electron chi connectivity index (χ1n) is 57.3. The van der Waals surface area contributed by atoms with Gasteiger partial charge >= 0.3 is 0 Å². The highest BCUT2D eigenvalue weighted by molar-refractivity contribution is 7.22. The first-order chi connectivity index (χ1) is 67.1. The molecule has 0 saturated heterocycles. The standard InChI is InChI=1S/C128H204N2O8S2/c1-93(2)37-25-43-99(13)49-31-55-105(19)77-83-133-119-89-113(90-120(134-84-78-106(20)56-32-50-100(14)44-26-38-94(3)4)125(119)137-87-81-109(23)59-35-53-103(17)47-29-41-97(9)10)127(131)129-115-67-61-111(62-68-115)65-71-117-73-75-123(139-117)124-76-74-118(140-124)72-66-112-63-69-116(70-64-112)130-128(132)114-91-121(135-85-79-107(21)57-33-51-101(15)45-27-39-95(5)6)126(138-88-82-110(24)60-36-54-104(18)48-30-42-98(11)12)122(92-114)136-86-80-108(22)58-34-52-102(16)46-28-40-96(7)8/h61-64,67-70,73-76,89-110H,25-60,77-88H2,1-24H3,(H,129,131)(H,130,132). The van der Waals surface area contributed by atoms with Gasteiger partial charge in [-0.25, -0.2) is 0 Å². The average Bonchev–Trinajstić information content (AvgIpc) is 1.04. The van der Waals surface area contributed by atoms with Crippen LogP contribution in [0.2, 0.25) is 0 Å². The quantitative estimate of drug-likeness (QED) is 0.0363. The zero-order valence-corrected chi connectivity index (χ0v) is 95.3. The zero-order valence-electron chi connectivity index (χ0n) is 93.7. The fourth-order valence-electron chi connectivity index (χ4n) is 19.2. The molecule has 2 aromatic heterocycles. The first kappa shape index (κ1) is 122. The van der Waals surface area contributed by atoms with E-state index in [9.17, 15) is 9.59 Å². The maximum absolute atomic E-state index is 14.7. The molecule has 0 bridgehead atoms. The van der Waals surface area contributed by atoms with Crippen LogP contribution in [0.15, 0.2) is 97.1 Å². The largest absolute Gasteiger partial charge is 0.490 e. The van der Waals surface area contributed by atoms with Crippen molar-refractivity contribution in [1.82, 2.24) is 0 Å². The van der Waals surface area contributed by atoms with Gasteiger partial charge in [0.2, 0.25) is 11.5 Å². The number of hydrogen-bond donors (Lipinski definition) is 2. The van der Waals surface area contributed by atoms with Gasteiger partial charge in [-0.2, -0.15) is 0 Å². The summed E-state index contributed by atoms with van der Waals surface area (Å²) in [4.78, 5) is 33.6. The van der Waals surface area contributed by atoms with Crippen molar-refractivity contribution in [3.63, 3.8) is 0 Å². The van der Waals surface area contributed by atoms with Crippen LogP contribution in [-0.4, -0.2) is 51.5 Å². The maximum Gasteiger partial charge on any atom is 0.255 e. The molecule has 4 aromatic carbocycles. The van der Waals surface area contributed by atoms with E-state index in [0.717, 1.165) is 140 Å². The van der Waals surface area contributed by atoms with E-state index in [1.807, 2.05) is 72.8 Å². The van der Waals surface area contributed by atoms with E-state index < -0.39 is 0 Å². The number of ether oxygens (including phenoxy) is 6. The molecule has 6 aromatic rings. The molecule has 0 aliphatic heterocycles. The van der Waals surface area contributed by atoms with E-state index >= 15 is 0 Å². The predicted molar refractivity (Wildman–Crippen MR) is 607 cm³/mol. The lowest BCUT2D eigenvalue weighted by Crippen LogP contribution is -2.15. The molecular weight excluding hydrogens is 1760 g/mol. The Morgan fingerprint density at radius 2 is 0.414 bits per heavy atom. The summed E-state index contributed by atoms with van der Waals surface area (Å²) in [6.45, 7) is 59.9. The van der Waals surface area contributed by atoms with E-state index in [1.165, 1.54) is 231 Å². The first-order valence-corrected chi connectivity index (χ1v) is 58.9. The summed E-state index contributed by atoms with van der Waals surface area (Å²) in [5, 5.41) is 6.44. The molecule has 0 radical (unpaired) electrons. The maximum atomic E-state index is 14.7. The summed E-state index contributed by atoms with van der Waals surface area (Å²) < 4.78 is 41.1. The second-order valence-corrected chi connectivity index (χ2v) is 49.3. The highest BCUT2D eigenvalue weighted by atomic mass is 32.1. The number of carbonyl (C=O) groups excluding carboxylic acids is 2. The molecule has 2 heterocycles. The summed E-state index contributed by atoms with van der Waals surface area (Å²) in [5.74, 6) is 28.7. The lowest BCUT2D eigenvalue weighted by molar-refractivity contribution is 0.101. The molecule has 12 atom stereocenters. The molecule has 2 amide bonds. The average molecular weight is 1960 g/mol. The third-order valence-electron chi connectivity index (χ3n) is 29.4. The van der Waals surface area contributed by atoms with E-state index in [4.69, 9.17) is 28.4 Å². The molecule has 2 N–H and O–H groups in total. The van der Waals surface area contributed by atoms with Crippen LogP contribution >= 0.6 is 22.7 Å². The van der Waals surface area contributed by atoms with Gasteiger partial charge in [-0.05, 0) is 242 Å². The Hall–Kier alpha value is -6.86. The van der Waals surface area contributed by atoms with E-state index in [0.29, 0.717) is 132 Å². The Kier molecular flexibility index (Phi) is 61.6. The smallest absolute Gasteiger partial charge is 0.255 e. The van der Waals surface area contributed by atoms with Crippen LogP contribution in [0.4, 0.5) is 11.4 Å². The minimum Gasteiger partial charge on any atom is -0.490 e. The fraction of sp³-hybridized carbons (Fsp3) is 0.703. The number of carbonyl (C=O) groups is 2. The summed E-state index contributed by atoms with van der Waals surface area (Å²) in [6, 6.07) is 31.6. The van der Waals surface area contributed by atoms with E-state index in [2.05, 4.69) is 225 Å². The summed E-state index contributed by atoms with van der Waals surface area (Å²) in [6.07, 6.45) is 51.1. The van der Waals surface area contributed by atoms with Gasteiger partial charge in [-0.15, -0.1) is 22.7 Å². The van der Waals surface area contributed by atoms with Gasteiger partial charge in [-0.3, -0.25) is 9.59 Å². The van der Waals surface area contributed by atoms with E-state index in [1.54, 1.807) is 22.7 Å². The molecule has 0 aliphatic rings. The zero-order chi connectivity index (χ0) is 102. The van der Waals surface area contributed by atoms with Crippen LogP contribution < -0.4 is 39.1 Å². The lowest BCUT2D eigenvalue weighted by Gasteiger charge is -2.21. The Morgan fingerprint density at radius 3 is 0.614 bits per heavy atom. The Labute approximate surface area is 867 Å². The summed E-state index contributed by atoms with van der Waals surface area (Å²) in [5.41, 5.74) is 3.97. The van der Waals surface area contributed by atoms with Crippen LogP contribution in [0.1, 0.15) is 477 Å². The number of nitrogens with one attached hydrogen (secondary N) is 2. The topological polar surface area (TPSA) is 114 Å². The van der Waals surface area contributed by atoms with Crippen LogP contribution in [0.5, 0.6) is 34.5 Å². The van der Waals surface area contributed by atoms with Crippen molar-refractivity contribution in [3.8, 4) is 67.9 Å². The Bertz CT molecular complexity index is 4000. The van der Waals surface area contributed by atoms with E-state index in [-0.39, 0.29) is 11.8 Å². The number of amides is 2. The molecule has 0 fully saturated rings. The highest BCUT2D eigenvalue weighted by Crippen LogP contribution is 2.44. The minimum atomic E-state index is -0.241. The number of hydrogen-bond acceptors (Lipinski definition) is 10. The Morgan fingerprint density at radius 1 is 0.229 bits per heavy atom. The lowest BCUT2D eigenvalue weighted by atomic mass is 9.93. The number of anilines is 2. The SMILES string of the molecule is CC(C)CCCC(C)CCCC(C)CCOc1cc(C(=O)Nc2ccc(C#Cc3ccc(-c4ccc(C#Cc5ccc(NC(=O)c6cc(OCCC(C)CCCC(C)CCCC(C)C)c(OCCC(C)CCCC(C)CCCC(C)C)c(OCCC(C)CCCC(C)CCCC(C)C)c6)cc5)s4)s3)cc2)cc(OCCC(C)CCCC(C)CCCC(C)C)c1OCCC(C)CCCC(C)CCCC(C)C. The molecule has 0 spiro atoms. The molecule has 0 saturated carbocycles. The number of benzene rings is 4. The minimum absolute atomic E-state index is 0.241. The summed E-state index contributed by atoms with van der Waals surface area (Å²) >= 11 is 3.32. The molecule has 140 heavy (non-hydrogen) atoms. The predicted octanol–water partition coefficient (Wildman–Crippen LogP) is 39.0. The molecular formula is C128H204N2O8S2. The molecule has 12 unspecified atom stereocenters. The second-order valence-electron chi connectivity index (χ2n) is 47.1. The normalized spacial score (nSPS) is 14.4. The van der Waals surface area contributed by atoms with Crippen LogP contribution in [0.3, 0.4) is 0 Å². The fourth-order valence-corrected chi connectivity index (χ4v) is 21.0. The number of thiophene rings is 2. The monoisotopic (exact) mass is 1960 g/mol. The third-order valence-corrected chi connectivity index (χ3v) is 31.6. The van der Waals surface area contributed by atoms with Gasteiger partial charge in [0.05, 0.1) is 49.4 Å².